The molecule has 0 bridgehead atoms. The number of sulfonamides is 1. The summed E-state index contributed by atoms with van der Waals surface area (Å²) in [5, 5.41) is 5.50. The molecule has 1 aliphatic heterocycles. The number of carbonyl (C=O) groups excluding carboxylic acids is 3. The Labute approximate surface area is 219 Å². The van der Waals surface area contributed by atoms with E-state index >= 15 is 0 Å². The number of nitrogens with zero attached hydrogens (tertiary/aromatic N) is 1. The minimum Gasteiger partial charge on any atom is -0.462 e. The number of amides is 2. The Hall–Kier alpha value is -3.54. The molecular formula is C26H27N3O6S2. The number of thiophene rings is 1. The monoisotopic (exact) mass is 541 g/mol. The van der Waals surface area contributed by atoms with E-state index < -0.39 is 27.8 Å². The number of esters is 1. The maximum absolute atomic E-state index is 12.8. The van der Waals surface area contributed by atoms with Crippen molar-refractivity contribution in [1.82, 2.24) is 9.62 Å². The van der Waals surface area contributed by atoms with Crippen molar-refractivity contribution in [2.45, 2.75) is 24.7 Å². The van der Waals surface area contributed by atoms with Crippen LogP contribution in [0.1, 0.15) is 40.5 Å². The molecule has 0 aliphatic carbocycles. The van der Waals surface area contributed by atoms with Crippen molar-refractivity contribution < 1.29 is 27.5 Å². The zero-order chi connectivity index (χ0) is 26.4. The molecule has 3 aromatic rings. The molecule has 0 spiro atoms. The fourth-order valence-electron chi connectivity index (χ4n) is 3.90. The third-order valence-electron chi connectivity index (χ3n) is 5.75. The van der Waals surface area contributed by atoms with Gasteiger partial charge in [-0.2, -0.15) is 4.31 Å². The fraction of sp³-hybridized carbons (Fsp3) is 0.269. The average molecular weight is 542 g/mol. The van der Waals surface area contributed by atoms with E-state index in [4.69, 9.17) is 4.74 Å². The van der Waals surface area contributed by atoms with E-state index in [-0.39, 0.29) is 29.2 Å². The summed E-state index contributed by atoms with van der Waals surface area (Å²) < 4.78 is 32.2. The second-order valence-corrected chi connectivity index (χ2v) is 11.3. The molecule has 0 atom stereocenters. The van der Waals surface area contributed by atoms with Gasteiger partial charge in [-0.25, -0.2) is 13.2 Å². The first-order valence-electron chi connectivity index (χ1n) is 11.8. The largest absolute Gasteiger partial charge is 0.462 e. The molecule has 0 saturated carbocycles. The Morgan fingerprint density at radius 3 is 2.43 bits per heavy atom. The van der Waals surface area contributed by atoms with Crippen LogP contribution in [0.4, 0.5) is 5.00 Å². The Balaban J connectivity index is 1.44. The molecule has 0 unspecified atom stereocenters. The highest BCUT2D eigenvalue weighted by atomic mass is 32.2. The lowest BCUT2D eigenvalue weighted by Crippen LogP contribution is -2.33. The molecule has 194 valence electrons. The van der Waals surface area contributed by atoms with Crippen LogP contribution in [0.15, 0.2) is 65.6 Å². The molecule has 1 aliphatic rings. The van der Waals surface area contributed by atoms with Crippen LogP contribution in [0.25, 0.3) is 10.4 Å². The van der Waals surface area contributed by atoms with E-state index in [9.17, 15) is 22.8 Å². The number of rotatable bonds is 9. The van der Waals surface area contributed by atoms with E-state index in [0.29, 0.717) is 18.1 Å². The highest BCUT2D eigenvalue weighted by molar-refractivity contribution is 7.89. The summed E-state index contributed by atoms with van der Waals surface area (Å²) in [5.74, 6) is -1.69. The van der Waals surface area contributed by atoms with Crippen molar-refractivity contribution in [2.75, 3.05) is 31.6 Å². The molecule has 11 heteroatoms. The second kappa shape index (κ2) is 11.7. The molecule has 1 aromatic heterocycles. The van der Waals surface area contributed by atoms with Gasteiger partial charge >= 0.3 is 5.97 Å². The predicted octanol–water partition coefficient (Wildman–Crippen LogP) is 3.74. The molecule has 4 rings (SSSR count). The number of ether oxygens (including phenoxy) is 1. The van der Waals surface area contributed by atoms with Gasteiger partial charge in [-0.1, -0.05) is 36.4 Å². The van der Waals surface area contributed by atoms with E-state index in [2.05, 4.69) is 10.6 Å². The Kier molecular flexibility index (Phi) is 8.37. The first-order valence-corrected chi connectivity index (χ1v) is 14.1. The van der Waals surface area contributed by atoms with Crippen molar-refractivity contribution in [3.8, 4) is 10.4 Å². The van der Waals surface area contributed by atoms with Crippen molar-refractivity contribution in [2.24, 2.45) is 0 Å². The minimum atomic E-state index is -3.67. The van der Waals surface area contributed by atoms with E-state index in [1.165, 1.54) is 39.9 Å². The van der Waals surface area contributed by atoms with Gasteiger partial charge in [0.15, 0.2) is 0 Å². The van der Waals surface area contributed by atoms with Gasteiger partial charge in [-0.05, 0) is 49.6 Å². The quantitative estimate of drug-likeness (QED) is 0.398. The summed E-state index contributed by atoms with van der Waals surface area (Å²) in [6, 6.07) is 16.8. The van der Waals surface area contributed by atoms with Gasteiger partial charge in [0.1, 0.15) is 5.00 Å². The molecule has 1 fully saturated rings. The zero-order valence-electron chi connectivity index (χ0n) is 20.2. The standard InChI is InChI=1S/C26H27N3O6S2/c1-2-35-26(32)21-16-22(18-9-4-3-5-10-18)36-25(21)28-23(30)17-27-24(31)19-11-8-12-20(15-19)37(33,34)29-13-6-7-14-29/h3-5,8-12,15-16H,2,6-7,13-14,17H2,1H3,(H,27,31)(H,28,30). The third-order valence-corrected chi connectivity index (χ3v) is 8.74. The van der Waals surface area contributed by atoms with Crippen molar-refractivity contribution in [1.29, 1.82) is 0 Å². The minimum absolute atomic E-state index is 0.0395. The maximum atomic E-state index is 12.8. The van der Waals surface area contributed by atoms with E-state index in [1.807, 2.05) is 30.3 Å². The van der Waals surface area contributed by atoms with Gasteiger partial charge in [0, 0.05) is 23.5 Å². The SMILES string of the molecule is CCOC(=O)c1cc(-c2ccccc2)sc1NC(=O)CNC(=O)c1cccc(S(=O)(=O)N2CCCC2)c1. The van der Waals surface area contributed by atoms with E-state index in [1.54, 1.807) is 13.0 Å². The summed E-state index contributed by atoms with van der Waals surface area (Å²) in [4.78, 5) is 38.6. The number of hydrogen-bond donors (Lipinski definition) is 2. The predicted molar refractivity (Wildman–Crippen MR) is 141 cm³/mol. The van der Waals surface area contributed by atoms with Gasteiger partial charge in [-0.3, -0.25) is 9.59 Å². The Bertz CT molecular complexity index is 1400. The van der Waals surface area contributed by atoms with Crippen LogP contribution in [0, 0.1) is 0 Å². The van der Waals surface area contributed by atoms with Crippen LogP contribution >= 0.6 is 11.3 Å². The molecular weight excluding hydrogens is 514 g/mol. The molecule has 2 amide bonds. The van der Waals surface area contributed by atoms with Gasteiger partial charge in [0.05, 0.1) is 23.6 Å². The summed E-state index contributed by atoms with van der Waals surface area (Å²) in [7, 11) is -3.67. The van der Waals surface area contributed by atoms with Crippen LogP contribution in [0.3, 0.4) is 0 Å². The zero-order valence-corrected chi connectivity index (χ0v) is 21.9. The Morgan fingerprint density at radius 2 is 1.73 bits per heavy atom. The number of hydrogen-bond acceptors (Lipinski definition) is 7. The highest BCUT2D eigenvalue weighted by Crippen LogP contribution is 2.36. The molecule has 2 heterocycles. The molecule has 37 heavy (non-hydrogen) atoms. The van der Waals surface area contributed by atoms with Crippen molar-refractivity contribution in [3.05, 3.63) is 71.8 Å². The summed E-state index contributed by atoms with van der Waals surface area (Å²) in [5.41, 5.74) is 1.24. The number of benzene rings is 2. The lowest BCUT2D eigenvalue weighted by atomic mass is 10.1. The molecule has 1 saturated heterocycles. The highest BCUT2D eigenvalue weighted by Gasteiger charge is 2.27. The number of nitrogens with one attached hydrogen (secondary N) is 2. The van der Waals surface area contributed by atoms with Crippen molar-refractivity contribution in [3.63, 3.8) is 0 Å². The average Bonchev–Trinajstić information content (AvgIpc) is 3.59. The lowest BCUT2D eigenvalue weighted by molar-refractivity contribution is -0.115. The first kappa shape index (κ1) is 26.5. The van der Waals surface area contributed by atoms with Crippen LogP contribution in [0.2, 0.25) is 0 Å². The summed E-state index contributed by atoms with van der Waals surface area (Å²) >= 11 is 1.23. The van der Waals surface area contributed by atoms with Gasteiger partial charge in [0.2, 0.25) is 15.9 Å². The second-order valence-electron chi connectivity index (χ2n) is 8.31. The summed E-state index contributed by atoms with van der Waals surface area (Å²) in [6.07, 6.45) is 1.62. The molecule has 0 radical (unpaired) electrons. The van der Waals surface area contributed by atoms with Crippen LogP contribution in [-0.2, 0) is 19.6 Å². The lowest BCUT2D eigenvalue weighted by Gasteiger charge is -2.16. The van der Waals surface area contributed by atoms with Gasteiger partial charge in [0.25, 0.3) is 5.91 Å². The fourth-order valence-corrected chi connectivity index (χ4v) is 6.53. The maximum Gasteiger partial charge on any atom is 0.341 e. The van der Waals surface area contributed by atoms with Crippen LogP contribution in [0.5, 0.6) is 0 Å². The topological polar surface area (TPSA) is 122 Å². The third kappa shape index (κ3) is 6.24. The van der Waals surface area contributed by atoms with Gasteiger partial charge in [-0.15, -0.1) is 11.3 Å². The smallest absolute Gasteiger partial charge is 0.341 e. The van der Waals surface area contributed by atoms with Gasteiger partial charge < -0.3 is 15.4 Å². The van der Waals surface area contributed by atoms with E-state index in [0.717, 1.165) is 23.3 Å². The van der Waals surface area contributed by atoms with Crippen LogP contribution < -0.4 is 10.6 Å². The van der Waals surface area contributed by atoms with Crippen molar-refractivity contribution >= 4 is 44.1 Å². The van der Waals surface area contributed by atoms with Crippen LogP contribution in [-0.4, -0.2) is 56.7 Å². The molecule has 9 nitrogen and oxygen atoms in total. The summed E-state index contributed by atoms with van der Waals surface area (Å²) in [6.45, 7) is 2.43. The first-order chi connectivity index (χ1) is 17.8. The number of carbonyl (C=O) groups is 3. The Morgan fingerprint density at radius 1 is 1.00 bits per heavy atom. The molecule has 2 aromatic carbocycles. The number of anilines is 1. The normalized spacial score (nSPS) is 13.8. The molecule has 2 N–H and O–H groups in total.